The molecule has 2 heterocycles. The van der Waals surface area contributed by atoms with Crippen molar-refractivity contribution in [2.75, 3.05) is 5.73 Å². The van der Waals surface area contributed by atoms with Crippen LogP contribution < -0.4 is 5.73 Å². The molecule has 1 aromatic heterocycles. The number of hydrogen-bond acceptors (Lipinski definition) is 5. The second kappa shape index (κ2) is 5.05. The summed E-state index contributed by atoms with van der Waals surface area (Å²) in [6, 6.07) is 7.33. The molecule has 3 rings (SSSR count). The van der Waals surface area contributed by atoms with Gasteiger partial charge in [-0.25, -0.2) is 9.78 Å². The molecule has 0 saturated heterocycles. The van der Waals surface area contributed by atoms with Crippen LogP contribution in [-0.2, 0) is 17.8 Å². The van der Waals surface area contributed by atoms with Gasteiger partial charge in [0.05, 0.1) is 13.1 Å². The lowest BCUT2D eigenvalue weighted by atomic mass is 10.2. The number of amides is 1. The van der Waals surface area contributed by atoms with E-state index in [1.54, 1.807) is 17.0 Å². The summed E-state index contributed by atoms with van der Waals surface area (Å²) in [6.07, 6.45) is -0.352. The molecule has 0 fully saturated rings. The Balaban J connectivity index is 1.73. The lowest BCUT2D eigenvalue weighted by Gasteiger charge is -2.23. The number of aromatic nitrogens is 1. The van der Waals surface area contributed by atoms with Crippen LogP contribution in [0.4, 0.5) is 10.5 Å². The molecular formula is C16H19N3O3. The predicted molar refractivity (Wildman–Crippen MR) is 81.8 cm³/mol. The maximum Gasteiger partial charge on any atom is 0.411 e. The number of fused-ring (bicyclic) bond motifs is 1. The summed E-state index contributed by atoms with van der Waals surface area (Å²) in [5.74, 6) is 1.26. The fraction of sp³-hybridized carbons (Fsp3) is 0.375. The SMILES string of the molecule is CC(C)(C)OC(=O)N1Cc2nc(-c3ccc(N)cc3)oc2C1. The predicted octanol–water partition coefficient (Wildman–Crippen LogP) is 3.17. The summed E-state index contributed by atoms with van der Waals surface area (Å²) in [5.41, 5.74) is 7.50. The van der Waals surface area contributed by atoms with Gasteiger partial charge in [-0.15, -0.1) is 0 Å². The van der Waals surface area contributed by atoms with Crippen molar-refractivity contribution in [3.05, 3.63) is 35.7 Å². The second-order valence-electron chi connectivity index (χ2n) is 6.35. The average molecular weight is 301 g/mol. The number of benzene rings is 1. The van der Waals surface area contributed by atoms with Gasteiger partial charge in [0.2, 0.25) is 5.89 Å². The van der Waals surface area contributed by atoms with E-state index in [0.29, 0.717) is 30.4 Å². The summed E-state index contributed by atoms with van der Waals surface area (Å²) in [7, 11) is 0. The zero-order chi connectivity index (χ0) is 15.9. The smallest absolute Gasteiger partial charge is 0.411 e. The standard InChI is InChI=1S/C16H19N3O3/c1-16(2,3)22-15(20)19-8-12-13(9-19)21-14(18-12)10-4-6-11(17)7-5-10/h4-7H,8-9,17H2,1-3H3. The van der Waals surface area contributed by atoms with E-state index in [-0.39, 0.29) is 6.09 Å². The Morgan fingerprint density at radius 3 is 2.55 bits per heavy atom. The molecule has 0 bridgehead atoms. The lowest BCUT2D eigenvalue weighted by molar-refractivity contribution is 0.0232. The molecule has 6 nitrogen and oxygen atoms in total. The number of hydrogen-bond donors (Lipinski definition) is 1. The van der Waals surface area contributed by atoms with Gasteiger partial charge < -0.3 is 14.9 Å². The molecule has 0 unspecified atom stereocenters. The highest BCUT2D eigenvalue weighted by Crippen LogP contribution is 2.29. The molecule has 2 aromatic rings. The van der Waals surface area contributed by atoms with Gasteiger partial charge in [0.15, 0.2) is 0 Å². The Bertz CT molecular complexity index is 675. The molecule has 116 valence electrons. The maximum absolute atomic E-state index is 12.0. The van der Waals surface area contributed by atoms with E-state index in [9.17, 15) is 4.79 Å². The van der Waals surface area contributed by atoms with Crippen molar-refractivity contribution in [3.63, 3.8) is 0 Å². The maximum atomic E-state index is 12.0. The zero-order valence-corrected chi connectivity index (χ0v) is 12.9. The van der Waals surface area contributed by atoms with Gasteiger partial charge in [-0.1, -0.05) is 0 Å². The number of oxazole rings is 1. The first-order chi connectivity index (χ1) is 10.3. The number of carbonyl (C=O) groups excluding carboxylic acids is 1. The summed E-state index contributed by atoms with van der Waals surface area (Å²) < 4.78 is 11.1. The molecule has 0 saturated carbocycles. The highest BCUT2D eigenvalue weighted by atomic mass is 16.6. The molecule has 1 aliphatic rings. The number of nitrogen functional groups attached to an aromatic ring is 1. The molecule has 1 aromatic carbocycles. The topological polar surface area (TPSA) is 81.6 Å². The van der Waals surface area contributed by atoms with Crippen molar-refractivity contribution in [1.29, 1.82) is 0 Å². The van der Waals surface area contributed by atoms with Gasteiger partial charge >= 0.3 is 6.09 Å². The number of anilines is 1. The number of carbonyl (C=O) groups is 1. The van der Waals surface area contributed by atoms with Crippen molar-refractivity contribution in [3.8, 4) is 11.5 Å². The van der Waals surface area contributed by atoms with Crippen molar-refractivity contribution in [1.82, 2.24) is 9.88 Å². The molecular weight excluding hydrogens is 282 g/mol. The van der Waals surface area contributed by atoms with Crippen molar-refractivity contribution in [2.45, 2.75) is 39.5 Å². The van der Waals surface area contributed by atoms with Gasteiger partial charge in [0.25, 0.3) is 0 Å². The number of rotatable bonds is 1. The number of nitrogens with zero attached hydrogens (tertiary/aromatic N) is 2. The third-order valence-electron chi connectivity index (χ3n) is 3.26. The second-order valence-corrected chi connectivity index (χ2v) is 6.35. The Morgan fingerprint density at radius 2 is 1.95 bits per heavy atom. The van der Waals surface area contributed by atoms with Crippen LogP contribution in [0.1, 0.15) is 32.2 Å². The Labute approximate surface area is 128 Å². The van der Waals surface area contributed by atoms with E-state index in [4.69, 9.17) is 14.9 Å². The van der Waals surface area contributed by atoms with Crippen LogP contribution in [0.3, 0.4) is 0 Å². The van der Waals surface area contributed by atoms with Crippen molar-refractivity contribution < 1.29 is 13.9 Å². The van der Waals surface area contributed by atoms with Gasteiger partial charge in [0, 0.05) is 11.3 Å². The first-order valence-electron chi connectivity index (χ1n) is 7.14. The van der Waals surface area contributed by atoms with E-state index in [1.165, 1.54) is 0 Å². The molecule has 1 aliphatic heterocycles. The van der Waals surface area contributed by atoms with Crippen LogP contribution in [0.15, 0.2) is 28.7 Å². The molecule has 0 aliphatic carbocycles. The van der Waals surface area contributed by atoms with Crippen LogP contribution >= 0.6 is 0 Å². The first-order valence-corrected chi connectivity index (χ1v) is 7.14. The molecule has 2 N–H and O–H groups in total. The quantitative estimate of drug-likeness (QED) is 0.818. The van der Waals surface area contributed by atoms with E-state index in [2.05, 4.69) is 4.98 Å². The summed E-state index contributed by atoms with van der Waals surface area (Å²) in [6.45, 7) is 6.32. The minimum Gasteiger partial charge on any atom is -0.444 e. The Hall–Kier alpha value is -2.50. The largest absolute Gasteiger partial charge is 0.444 e. The molecule has 6 heteroatoms. The monoisotopic (exact) mass is 301 g/mol. The Kier molecular flexibility index (Phi) is 3.31. The highest BCUT2D eigenvalue weighted by Gasteiger charge is 2.31. The van der Waals surface area contributed by atoms with Crippen LogP contribution in [0.25, 0.3) is 11.5 Å². The molecule has 0 atom stereocenters. The van der Waals surface area contributed by atoms with Crippen LogP contribution in [0.5, 0.6) is 0 Å². The van der Waals surface area contributed by atoms with Crippen molar-refractivity contribution >= 4 is 11.8 Å². The minimum atomic E-state index is -0.511. The molecule has 0 spiro atoms. The summed E-state index contributed by atoms with van der Waals surface area (Å²) in [4.78, 5) is 18.1. The summed E-state index contributed by atoms with van der Waals surface area (Å²) in [5, 5.41) is 0. The fourth-order valence-electron chi connectivity index (χ4n) is 2.25. The molecule has 0 radical (unpaired) electrons. The van der Waals surface area contributed by atoms with Crippen LogP contribution in [0, 0.1) is 0 Å². The normalized spacial score (nSPS) is 14.0. The highest BCUT2D eigenvalue weighted by molar-refractivity contribution is 5.69. The average Bonchev–Trinajstić information content (AvgIpc) is 2.95. The van der Waals surface area contributed by atoms with Gasteiger partial charge in [-0.3, -0.25) is 4.90 Å². The van der Waals surface area contributed by atoms with Gasteiger partial charge in [-0.2, -0.15) is 0 Å². The van der Waals surface area contributed by atoms with Gasteiger partial charge in [-0.05, 0) is 45.0 Å². The van der Waals surface area contributed by atoms with E-state index >= 15 is 0 Å². The van der Waals surface area contributed by atoms with E-state index in [0.717, 1.165) is 11.3 Å². The Morgan fingerprint density at radius 1 is 1.27 bits per heavy atom. The van der Waals surface area contributed by atoms with Crippen LogP contribution in [0.2, 0.25) is 0 Å². The summed E-state index contributed by atoms with van der Waals surface area (Å²) >= 11 is 0. The van der Waals surface area contributed by atoms with Crippen LogP contribution in [-0.4, -0.2) is 21.6 Å². The molecule has 1 amide bonds. The third-order valence-corrected chi connectivity index (χ3v) is 3.26. The zero-order valence-electron chi connectivity index (χ0n) is 12.9. The van der Waals surface area contributed by atoms with E-state index < -0.39 is 5.60 Å². The lowest BCUT2D eigenvalue weighted by Crippen LogP contribution is -2.33. The van der Waals surface area contributed by atoms with Crippen molar-refractivity contribution in [2.24, 2.45) is 0 Å². The fourth-order valence-corrected chi connectivity index (χ4v) is 2.25. The van der Waals surface area contributed by atoms with Gasteiger partial charge in [0.1, 0.15) is 17.1 Å². The number of ether oxygens (including phenoxy) is 1. The van der Waals surface area contributed by atoms with E-state index in [1.807, 2.05) is 32.9 Å². The third kappa shape index (κ3) is 2.90. The number of nitrogens with two attached hydrogens (primary N) is 1. The minimum absolute atomic E-state index is 0.352. The first kappa shape index (κ1) is 14.4. The molecule has 22 heavy (non-hydrogen) atoms.